The molecule has 0 amide bonds. The van der Waals surface area contributed by atoms with Crippen molar-refractivity contribution in [2.75, 3.05) is 25.1 Å². The van der Waals surface area contributed by atoms with E-state index in [-0.39, 0.29) is 6.61 Å². The zero-order valence-corrected chi connectivity index (χ0v) is 11.9. The van der Waals surface area contributed by atoms with Crippen LogP contribution in [0, 0.1) is 0 Å². The summed E-state index contributed by atoms with van der Waals surface area (Å²) in [6.07, 6.45) is 0.693. The fourth-order valence-corrected chi connectivity index (χ4v) is 2.26. The van der Waals surface area contributed by atoms with Gasteiger partial charge in [0.2, 0.25) is 0 Å². The third-order valence-electron chi connectivity index (χ3n) is 3.72. The minimum absolute atomic E-state index is 0.0559. The quantitative estimate of drug-likeness (QED) is 0.847. The van der Waals surface area contributed by atoms with Crippen LogP contribution >= 0.6 is 0 Å². The first-order chi connectivity index (χ1) is 9.65. The van der Waals surface area contributed by atoms with Gasteiger partial charge in [0.15, 0.2) is 0 Å². The topological polar surface area (TPSA) is 49.5 Å². The summed E-state index contributed by atoms with van der Waals surface area (Å²) in [7, 11) is 2.04. The maximum absolute atomic E-state index is 9.68. The van der Waals surface area contributed by atoms with E-state index in [2.05, 4.69) is 17.0 Å². The van der Waals surface area contributed by atoms with Gasteiger partial charge in [0.1, 0.15) is 0 Å². The van der Waals surface area contributed by atoms with Gasteiger partial charge in [-0.15, -0.1) is 0 Å². The van der Waals surface area contributed by atoms with Crippen molar-refractivity contribution in [3.05, 3.63) is 66.2 Å². The Balaban J connectivity index is 2.04. The monoisotopic (exact) mass is 270 g/mol. The van der Waals surface area contributed by atoms with Crippen molar-refractivity contribution in [1.29, 1.82) is 0 Å². The van der Waals surface area contributed by atoms with E-state index in [1.165, 1.54) is 0 Å². The van der Waals surface area contributed by atoms with Crippen molar-refractivity contribution in [2.45, 2.75) is 12.0 Å². The summed E-state index contributed by atoms with van der Waals surface area (Å²) in [5.41, 5.74) is 7.81. The lowest BCUT2D eigenvalue weighted by Crippen LogP contribution is -2.43. The van der Waals surface area contributed by atoms with Gasteiger partial charge in [-0.2, -0.15) is 0 Å². The Labute approximate surface area is 120 Å². The van der Waals surface area contributed by atoms with Crippen molar-refractivity contribution < 1.29 is 5.11 Å². The van der Waals surface area contributed by atoms with Crippen molar-refractivity contribution in [2.24, 2.45) is 5.73 Å². The van der Waals surface area contributed by atoms with Crippen LogP contribution in [-0.2, 0) is 5.54 Å². The first-order valence-electron chi connectivity index (χ1n) is 6.87. The highest BCUT2D eigenvalue weighted by atomic mass is 16.3. The fraction of sp³-hybridized carbons (Fsp3) is 0.294. The van der Waals surface area contributed by atoms with E-state index in [1.807, 2.05) is 55.6 Å². The Morgan fingerprint density at radius 2 is 1.55 bits per heavy atom. The van der Waals surface area contributed by atoms with E-state index >= 15 is 0 Å². The Morgan fingerprint density at radius 1 is 1.00 bits per heavy atom. The second kappa shape index (κ2) is 6.55. The third-order valence-corrected chi connectivity index (χ3v) is 3.72. The Hall–Kier alpha value is -1.84. The SMILES string of the molecule is CN(CCC(N)(CO)c1ccccc1)c1ccccc1. The Kier molecular flexibility index (Phi) is 4.77. The van der Waals surface area contributed by atoms with Gasteiger partial charge in [-0.05, 0) is 24.1 Å². The third kappa shape index (κ3) is 3.38. The van der Waals surface area contributed by atoms with Crippen molar-refractivity contribution in [1.82, 2.24) is 0 Å². The number of hydrogen-bond acceptors (Lipinski definition) is 3. The second-order valence-corrected chi connectivity index (χ2v) is 5.19. The molecule has 0 saturated carbocycles. The lowest BCUT2D eigenvalue weighted by molar-refractivity contribution is 0.189. The highest BCUT2D eigenvalue weighted by Gasteiger charge is 2.26. The summed E-state index contributed by atoms with van der Waals surface area (Å²) < 4.78 is 0. The van der Waals surface area contributed by atoms with Crippen LogP contribution in [0.25, 0.3) is 0 Å². The molecule has 2 aromatic rings. The van der Waals surface area contributed by atoms with Gasteiger partial charge in [-0.3, -0.25) is 0 Å². The molecular formula is C17H22N2O. The summed E-state index contributed by atoms with van der Waals surface area (Å²) in [6, 6.07) is 20.0. The van der Waals surface area contributed by atoms with Crippen LogP contribution in [0.2, 0.25) is 0 Å². The van der Waals surface area contributed by atoms with Crippen LogP contribution in [0.3, 0.4) is 0 Å². The molecule has 0 aliphatic carbocycles. The standard InChI is InChI=1S/C17H22N2O/c1-19(16-10-6-3-7-11-16)13-12-17(18,14-20)15-8-4-2-5-9-15/h2-11,20H,12-14,18H2,1H3. The van der Waals surface area contributed by atoms with Crippen LogP contribution in [0.5, 0.6) is 0 Å². The maximum atomic E-state index is 9.68. The summed E-state index contributed by atoms with van der Waals surface area (Å²) in [5.74, 6) is 0. The smallest absolute Gasteiger partial charge is 0.0661 e. The minimum atomic E-state index is -0.690. The van der Waals surface area contributed by atoms with E-state index in [4.69, 9.17) is 5.73 Å². The fourth-order valence-electron chi connectivity index (χ4n) is 2.26. The number of rotatable bonds is 6. The predicted molar refractivity (Wildman–Crippen MR) is 83.7 cm³/mol. The Bertz CT molecular complexity index is 515. The van der Waals surface area contributed by atoms with E-state index < -0.39 is 5.54 Å². The molecule has 1 unspecified atom stereocenters. The molecule has 0 bridgehead atoms. The molecule has 0 radical (unpaired) electrons. The molecule has 0 aromatic heterocycles. The number of benzene rings is 2. The van der Waals surface area contributed by atoms with Gasteiger partial charge in [0.25, 0.3) is 0 Å². The number of aliphatic hydroxyl groups excluding tert-OH is 1. The molecule has 2 aromatic carbocycles. The lowest BCUT2D eigenvalue weighted by atomic mass is 9.88. The van der Waals surface area contributed by atoms with Crippen LogP contribution < -0.4 is 10.6 Å². The molecule has 2 rings (SSSR count). The zero-order chi connectivity index (χ0) is 14.4. The Morgan fingerprint density at radius 3 is 2.10 bits per heavy atom. The summed E-state index contributed by atoms with van der Waals surface area (Å²) in [5, 5.41) is 9.68. The van der Waals surface area contributed by atoms with Gasteiger partial charge in [-0.25, -0.2) is 0 Å². The molecule has 3 N–H and O–H groups in total. The van der Waals surface area contributed by atoms with Gasteiger partial charge in [-0.1, -0.05) is 48.5 Å². The molecule has 0 fully saturated rings. The minimum Gasteiger partial charge on any atom is -0.394 e. The highest BCUT2D eigenvalue weighted by Crippen LogP contribution is 2.23. The van der Waals surface area contributed by atoms with Crippen LogP contribution in [0.15, 0.2) is 60.7 Å². The van der Waals surface area contributed by atoms with Gasteiger partial charge in [0.05, 0.1) is 12.1 Å². The van der Waals surface area contributed by atoms with Crippen molar-refractivity contribution >= 4 is 5.69 Å². The van der Waals surface area contributed by atoms with Crippen LogP contribution in [0.1, 0.15) is 12.0 Å². The molecular weight excluding hydrogens is 248 g/mol. The normalized spacial score (nSPS) is 13.8. The molecule has 0 aliphatic rings. The molecule has 0 aliphatic heterocycles. The molecule has 3 nitrogen and oxygen atoms in total. The molecule has 3 heteroatoms. The molecule has 0 spiro atoms. The van der Waals surface area contributed by atoms with Gasteiger partial charge in [0, 0.05) is 19.3 Å². The largest absolute Gasteiger partial charge is 0.394 e. The van der Waals surface area contributed by atoms with Gasteiger partial charge < -0.3 is 15.7 Å². The molecule has 0 heterocycles. The van der Waals surface area contributed by atoms with Crippen LogP contribution in [0.4, 0.5) is 5.69 Å². The summed E-state index contributed by atoms with van der Waals surface area (Å²) >= 11 is 0. The summed E-state index contributed by atoms with van der Waals surface area (Å²) in [6.45, 7) is 0.732. The molecule has 106 valence electrons. The van der Waals surface area contributed by atoms with Crippen molar-refractivity contribution in [3.63, 3.8) is 0 Å². The highest BCUT2D eigenvalue weighted by molar-refractivity contribution is 5.45. The number of hydrogen-bond donors (Lipinski definition) is 2. The average Bonchev–Trinajstić information content (AvgIpc) is 2.54. The van der Waals surface area contributed by atoms with Gasteiger partial charge >= 0.3 is 0 Å². The maximum Gasteiger partial charge on any atom is 0.0661 e. The van der Waals surface area contributed by atoms with E-state index in [9.17, 15) is 5.11 Å². The molecule has 20 heavy (non-hydrogen) atoms. The van der Waals surface area contributed by atoms with E-state index in [0.29, 0.717) is 6.42 Å². The predicted octanol–water partition coefficient (Wildman–Crippen LogP) is 2.36. The van der Waals surface area contributed by atoms with Crippen molar-refractivity contribution in [3.8, 4) is 0 Å². The molecule has 1 atom stereocenters. The van der Waals surface area contributed by atoms with E-state index in [1.54, 1.807) is 0 Å². The zero-order valence-electron chi connectivity index (χ0n) is 11.9. The van der Waals surface area contributed by atoms with E-state index in [0.717, 1.165) is 17.8 Å². The second-order valence-electron chi connectivity index (χ2n) is 5.19. The first-order valence-corrected chi connectivity index (χ1v) is 6.87. The molecule has 0 saturated heterocycles. The number of nitrogens with zero attached hydrogens (tertiary/aromatic N) is 1. The number of aliphatic hydroxyl groups is 1. The number of para-hydroxylation sites is 1. The van der Waals surface area contributed by atoms with Crippen LogP contribution in [-0.4, -0.2) is 25.3 Å². The number of anilines is 1. The summed E-state index contributed by atoms with van der Waals surface area (Å²) in [4.78, 5) is 2.15. The first kappa shape index (κ1) is 14.6. The average molecular weight is 270 g/mol. The number of nitrogens with two attached hydrogens (primary N) is 1. The lowest BCUT2D eigenvalue weighted by Gasteiger charge is -2.30.